The van der Waals surface area contributed by atoms with Crippen molar-refractivity contribution in [2.75, 3.05) is 25.6 Å². The minimum absolute atomic E-state index is 0.164. The second-order valence-electron chi connectivity index (χ2n) is 5.07. The highest BCUT2D eigenvalue weighted by molar-refractivity contribution is 6.32. The van der Waals surface area contributed by atoms with E-state index in [4.69, 9.17) is 26.2 Å². The molecule has 0 aliphatic carbocycles. The van der Waals surface area contributed by atoms with Crippen LogP contribution in [-0.2, 0) is 13.0 Å². The maximum atomic E-state index is 8.93. The molecule has 0 atom stereocenters. The summed E-state index contributed by atoms with van der Waals surface area (Å²) in [6.07, 6.45) is 0.673. The quantitative estimate of drug-likeness (QED) is 0.768. The van der Waals surface area contributed by atoms with Crippen molar-refractivity contribution in [3.8, 4) is 11.5 Å². The molecule has 0 spiro atoms. The molecule has 0 fully saturated rings. The largest absolute Gasteiger partial charge is 0.493 e. The number of halogens is 1. The van der Waals surface area contributed by atoms with Gasteiger partial charge in [-0.1, -0.05) is 23.7 Å². The van der Waals surface area contributed by atoms with Crippen LogP contribution in [0.4, 0.5) is 5.69 Å². The molecule has 0 heterocycles. The zero-order chi connectivity index (χ0) is 16.7. The molecule has 0 saturated heterocycles. The van der Waals surface area contributed by atoms with Crippen LogP contribution in [0.3, 0.4) is 0 Å². The second-order valence-corrected chi connectivity index (χ2v) is 5.47. The lowest BCUT2D eigenvalue weighted by Crippen LogP contribution is -2.02. The van der Waals surface area contributed by atoms with Gasteiger partial charge in [0.1, 0.15) is 0 Å². The molecule has 23 heavy (non-hydrogen) atoms. The molecule has 124 valence electrons. The molecule has 0 saturated carbocycles. The highest BCUT2D eigenvalue weighted by Gasteiger charge is 2.11. The Morgan fingerprint density at radius 3 is 2.48 bits per heavy atom. The SMILES string of the molecule is CCOc1c(Cl)cc(CNc2ccc(CCO)cc2)cc1OC. The first-order valence-electron chi connectivity index (χ1n) is 7.60. The Morgan fingerprint density at radius 2 is 1.87 bits per heavy atom. The average molecular weight is 336 g/mol. The molecule has 0 unspecified atom stereocenters. The van der Waals surface area contributed by atoms with E-state index in [2.05, 4.69) is 5.32 Å². The molecule has 2 rings (SSSR count). The summed E-state index contributed by atoms with van der Waals surface area (Å²) in [5, 5.41) is 12.8. The normalized spacial score (nSPS) is 10.4. The van der Waals surface area contributed by atoms with Gasteiger partial charge in [0, 0.05) is 18.8 Å². The van der Waals surface area contributed by atoms with Crippen LogP contribution >= 0.6 is 11.6 Å². The van der Waals surface area contributed by atoms with E-state index in [-0.39, 0.29) is 6.61 Å². The van der Waals surface area contributed by atoms with Crippen LogP contribution in [0.25, 0.3) is 0 Å². The Bertz CT molecular complexity index is 629. The third-order valence-corrected chi connectivity index (χ3v) is 3.71. The highest BCUT2D eigenvalue weighted by Crippen LogP contribution is 2.36. The maximum Gasteiger partial charge on any atom is 0.179 e. The lowest BCUT2D eigenvalue weighted by Gasteiger charge is -2.14. The summed E-state index contributed by atoms with van der Waals surface area (Å²) in [7, 11) is 1.60. The predicted octanol–water partition coefficient (Wildman–Crippen LogP) is 3.89. The summed E-state index contributed by atoms with van der Waals surface area (Å²) in [6, 6.07) is 11.8. The van der Waals surface area contributed by atoms with Gasteiger partial charge in [0.05, 0.1) is 18.7 Å². The average Bonchev–Trinajstić information content (AvgIpc) is 2.56. The van der Waals surface area contributed by atoms with Crippen LogP contribution in [0.2, 0.25) is 5.02 Å². The third kappa shape index (κ3) is 4.78. The van der Waals surface area contributed by atoms with E-state index in [1.165, 1.54) is 0 Å². The van der Waals surface area contributed by atoms with Gasteiger partial charge in [0.2, 0.25) is 0 Å². The molecule has 0 amide bonds. The summed E-state index contributed by atoms with van der Waals surface area (Å²) in [5.74, 6) is 1.21. The van der Waals surface area contributed by atoms with E-state index >= 15 is 0 Å². The van der Waals surface area contributed by atoms with Crippen molar-refractivity contribution in [1.82, 2.24) is 0 Å². The minimum atomic E-state index is 0.164. The molecule has 2 aromatic rings. The van der Waals surface area contributed by atoms with E-state index in [0.29, 0.717) is 36.1 Å². The topological polar surface area (TPSA) is 50.7 Å². The van der Waals surface area contributed by atoms with Gasteiger partial charge in [0.15, 0.2) is 11.5 Å². The van der Waals surface area contributed by atoms with Gasteiger partial charge >= 0.3 is 0 Å². The van der Waals surface area contributed by atoms with E-state index < -0.39 is 0 Å². The number of aliphatic hydroxyl groups excluding tert-OH is 1. The van der Waals surface area contributed by atoms with Crippen molar-refractivity contribution in [3.63, 3.8) is 0 Å². The molecule has 0 aliphatic rings. The Kier molecular flexibility index (Phi) is 6.56. The van der Waals surface area contributed by atoms with E-state index in [9.17, 15) is 0 Å². The van der Waals surface area contributed by atoms with Crippen LogP contribution in [0, 0.1) is 0 Å². The molecular weight excluding hydrogens is 314 g/mol. The summed E-state index contributed by atoms with van der Waals surface area (Å²) in [6.45, 7) is 3.23. The van der Waals surface area contributed by atoms with Gasteiger partial charge in [-0.25, -0.2) is 0 Å². The standard InChI is InChI=1S/C18H22ClNO3/c1-3-23-18-16(19)10-14(11-17(18)22-2)12-20-15-6-4-13(5-7-15)8-9-21/h4-7,10-11,20-21H,3,8-9,12H2,1-2H3. The first-order valence-corrected chi connectivity index (χ1v) is 7.98. The number of hydrogen-bond acceptors (Lipinski definition) is 4. The minimum Gasteiger partial charge on any atom is -0.493 e. The van der Waals surface area contributed by atoms with Crippen LogP contribution in [0.15, 0.2) is 36.4 Å². The van der Waals surface area contributed by atoms with Gasteiger partial charge in [0.25, 0.3) is 0 Å². The molecule has 0 aliphatic heterocycles. The van der Waals surface area contributed by atoms with Crippen molar-refractivity contribution < 1.29 is 14.6 Å². The van der Waals surface area contributed by atoms with Gasteiger partial charge < -0.3 is 19.9 Å². The number of rotatable bonds is 8. The van der Waals surface area contributed by atoms with Crippen LogP contribution in [0.1, 0.15) is 18.1 Å². The van der Waals surface area contributed by atoms with Crippen LogP contribution < -0.4 is 14.8 Å². The predicted molar refractivity (Wildman–Crippen MR) is 93.7 cm³/mol. The lowest BCUT2D eigenvalue weighted by atomic mass is 10.1. The number of nitrogens with one attached hydrogen (secondary N) is 1. The molecule has 5 heteroatoms. The molecule has 2 aromatic carbocycles. The third-order valence-electron chi connectivity index (χ3n) is 3.43. The van der Waals surface area contributed by atoms with Gasteiger partial charge in [-0.15, -0.1) is 0 Å². The second kappa shape index (κ2) is 8.65. The molecule has 0 radical (unpaired) electrons. The molecule has 0 bridgehead atoms. The summed E-state index contributed by atoms with van der Waals surface area (Å²) >= 11 is 6.27. The summed E-state index contributed by atoms with van der Waals surface area (Å²) < 4.78 is 10.9. The maximum absolute atomic E-state index is 8.93. The first-order chi connectivity index (χ1) is 11.2. The lowest BCUT2D eigenvalue weighted by molar-refractivity contribution is 0.299. The Balaban J connectivity index is 2.06. The van der Waals surface area contributed by atoms with Crippen molar-refractivity contribution >= 4 is 17.3 Å². The summed E-state index contributed by atoms with van der Waals surface area (Å²) in [5.41, 5.74) is 3.13. The van der Waals surface area contributed by atoms with Crippen molar-refractivity contribution in [1.29, 1.82) is 0 Å². The number of benzene rings is 2. The molecule has 4 nitrogen and oxygen atoms in total. The smallest absolute Gasteiger partial charge is 0.179 e. The van der Waals surface area contributed by atoms with Crippen molar-refractivity contribution in [2.24, 2.45) is 0 Å². The fourth-order valence-corrected chi connectivity index (χ4v) is 2.57. The van der Waals surface area contributed by atoms with Crippen LogP contribution in [-0.4, -0.2) is 25.4 Å². The first kappa shape index (κ1) is 17.4. The number of methoxy groups -OCH3 is 1. The Hall–Kier alpha value is -1.91. The zero-order valence-electron chi connectivity index (χ0n) is 13.4. The number of ether oxygens (including phenoxy) is 2. The van der Waals surface area contributed by atoms with Crippen molar-refractivity contribution in [3.05, 3.63) is 52.5 Å². The fourth-order valence-electron chi connectivity index (χ4n) is 2.28. The molecule has 0 aromatic heterocycles. The highest BCUT2D eigenvalue weighted by atomic mass is 35.5. The zero-order valence-corrected chi connectivity index (χ0v) is 14.2. The molecular formula is C18H22ClNO3. The number of hydrogen-bond donors (Lipinski definition) is 2. The van der Waals surface area contributed by atoms with E-state index in [0.717, 1.165) is 16.8 Å². The van der Waals surface area contributed by atoms with Gasteiger partial charge in [-0.3, -0.25) is 0 Å². The Labute approximate surface area is 142 Å². The fraction of sp³-hybridized carbons (Fsp3) is 0.333. The number of anilines is 1. The van der Waals surface area contributed by atoms with Crippen molar-refractivity contribution in [2.45, 2.75) is 19.9 Å². The Morgan fingerprint density at radius 1 is 1.13 bits per heavy atom. The van der Waals surface area contributed by atoms with Gasteiger partial charge in [-0.2, -0.15) is 0 Å². The monoisotopic (exact) mass is 335 g/mol. The molecule has 2 N–H and O–H groups in total. The number of aliphatic hydroxyl groups is 1. The van der Waals surface area contributed by atoms with Gasteiger partial charge in [-0.05, 0) is 48.7 Å². The van der Waals surface area contributed by atoms with E-state index in [1.807, 2.05) is 43.3 Å². The van der Waals surface area contributed by atoms with E-state index in [1.54, 1.807) is 7.11 Å². The van der Waals surface area contributed by atoms with Crippen LogP contribution in [0.5, 0.6) is 11.5 Å². The summed E-state index contributed by atoms with van der Waals surface area (Å²) in [4.78, 5) is 0.